The predicted octanol–water partition coefficient (Wildman–Crippen LogP) is 4.39. The summed E-state index contributed by atoms with van der Waals surface area (Å²) < 4.78 is 16.3. The van der Waals surface area contributed by atoms with Gasteiger partial charge >= 0.3 is 12.4 Å². The number of aliphatic hydroxyl groups excluding tert-OH is 1. The van der Waals surface area contributed by atoms with E-state index in [1.165, 1.54) is 0 Å². The van der Waals surface area contributed by atoms with Gasteiger partial charge in [0, 0.05) is 32.5 Å². The number of aldehydes is 1. The molecule has 2 rings (SSSR count). The molecular formula is C20H23O4Zn+. The van der Waals surface area contributed by atoms with E-state index in [0.717, 1.165) is 16.9 Å². The molecule has 0 amide bonds. The van der Waals surface area contributed by atoms with Crippen molar-refractivity contribution in [3.8, 4) is 5.75 Å². The first kappa shape index (κ1) is 20.9. The Kier molecular flexibility index (Phi) is 8.93. The van der Waals surface area contributed by atoms with Crippen LogP contribution < -0.4 is 4.74 Å². The van der Waals surface area contributed by atoms with Crippen LogP contribution in [0.5, 0.6) is 5.75 Å². The second-order valence-electron chi connectivity index (χ2n) is 5.45. The van der Waals surface area contributed by atoms with Crippen LogP contribution in [0.3, 0.4) is 0 Å². The standard InChI is InChI=1S/C20H22O4.Zn/c1-15(23-14-18-9-11-19(22-3)12-10-18)16(2)24-20(21)13-17-7-5-4-6-8-17;/h4-16H,1-3H3;/p+1/b20-13+;/t15-,16-;/m0./s1. The molecule has 0 radical (unpaired) electrons. The monoisotopic (exact) mass is 391 g/mol. The molecular weight excluding hydrogens is 370 g/mol. The molecule has 0 fully saturated rings. The number of ether oxygens (including phenoxy) is 2. The fraction of sp³-hybridized carbons (Fsp3) is 0.250. The van der Waals surface area contributed by atoms with Crippen molar-refractivity contribution in [2.45, 2.75) is 26.1 Å². The summed E-state index contributed by atoms with van der Waals surface area (Å²) >= 11 is 0. The van der Waals surface area contributed by atoms with Gasteiger partial charge in [0.25, 0.3) is 5.95 Å². The molecule has 0 heterocycles. The number of rotatable bonds is 7. The van der Waals surface area contributed by atoms with Gasteiger partial charge in [0.1, 0.15) is 5.75 Å². The van der Waals surface area contributed by atoms with E-state index in [1.807, 2.05) is 68.4 Å². The minimum absolute atomic E-state index is 0. The van der Waals surface area contributed by atoms with Gasteiger partial charge in [-0.2, -0.15) is 0 Å². The van der Waals surface area contributed by atoms with E-state index in [2.05, 4.69) is 0 Å². The van der Waals surface area contributed by atoms with Crippen molar-refractivity contribution in [1.82, 2.24) is 0 Å². The summed E-state index contributed by atoms with van der Waals surface area (Å²) in [5.41, 5.74) is 1.81. The Balaban J connectivity index is 0.00000312. The van der Waals surface area contributed by atoms with Gasteiger partial charge < -0.3 is 14.6 Å². The molecule has 0 spiro atoms. The van der Waals surface area contributed by atoms with Crippen molar-refractivity contribution >= 4 is 12.4 Å². The Labute approximate surface area is 161 Å². The molecule has 0 bridgehead atoms. The number of benzene rings is 2. The number of methoxy groups -OCH3 is 1. The minimum atomic E-state index is -0.306. The average Bonchev–Trinajstić information content (AvgIpc) is 2.60. The molecule has 0 aliphatic carbocycles. The van der Waals surface area contributed by atoms with Crippen LogP contribution in [0.1, 0.15) is 29.4 Å². The molecule has 0 aromatic heterocycles. The Morgan fingerprint density at radius 1 is 1.00 bits per heavy atom. The van der Waals surface area contributed by atoms with Crippen LogP contribution in [0.4, 0.5) is 0 Å². The zero-order valence-corrected chi connectivity index (χ0v) is 17.9. The molecule has 5 heteroatoms. The smallest absolute Gasteiger partial charge is 0.316 e. The zero-order valence-electron chi connectivity index (χ0n) is 14.9. The Bertz CT molecular complexity index is 681. The van der Waals surface area contributed by atoms with E-state index in [1.54, 1.807) is 19.5 Å². The Morgan fingerprint density at radius 2 is 1.64 bits per heavy atom. The van der Waals surface area contributed by atoms with Gasteiger partial charge in [-0.05, 0) is 36.8 Å². The van der Waals surface area contributed by atoms with Crippen molar-refractivity contribution in [3.05, 3.63) is 71.7 Å². The molecule has 4 nitrogen and oxygen atoms in total. The van der Waals surface area contributed by atoms with Crippen molar-refractivity contribution in [1.29, 1.82) is 0 Å². The molecule has 128 valence electrons. The average molecular weight is 393 g/mol. The molecule has 0 aliphatic heterocycles. The Hall–Kier alpha value is -2.13. The maximum atomic E-state index is 9.92. The largest absolute Gasteiger partial charge is 0.497 e. The van der Waals surface area contributed by atoms with Crippen LogP contribution in [-0.4, -0.2) is 30.7 Å². The summed E-state index contributed by atoms with van der Waals surface area (Å²) in [7, 11) is 1.63. The topological polar surface area (TPSA) is 50.0 Å². The summed E-state index contributed by atoms with van der Waals surface area (Å²) in [5, 5.41) is 9.92. The number of hydrogen-bond donors (Lipinski definition) is 1. The Morgan fingerprint density at radius 3 is 2.24 bits per heavy atom. The van der Waals surface area contributed by atoms with E-state index >= 15 is 0 Å². The zero-order chi connectivity index (χ0) is 17.4. The van der Waals surface area contributed by atoms with Crippen LogP contribution in [0, 0.1) is 0 Å². The van der Waals surface area contributed by atoms with Crippen LogP contribution in [0.25, 0.3) is 6.08 Å². The second-order valence-corrected chi connectivity index (χ2v) is 5.45. The third-order valence-electron chi connectivity index (χ3n) is 3.59. The predicted molar refractivity (Wildman–Crippen MR) is 95.4 cm³/mol. The second kappa shape index (κ2) is 10.7. The summed E-state index contributed by atoms with van der Waals surface area (Å²) in [4.78, 5) is 0. The maximum absolute atomic E-state index is 9.92. The van der Waals surface area contributed by atoms with Crippen LogP contribution >= 0.6 is 0 Å². The van der Waals surface area contributed by atoms with Crippen LogP contribution in [-0.2, 0) is 24.2 Å². The van der Waals surface area contributed by atoms with E-state index in [0.29, 0.717) is 0 Å². The first-order chi connectivity index (χ1) is 11.6. The van der Waals surface area contributed by atoms with Crippen molar-refractivity contribution in [3.63, 3.8) is 0 Å². The first-order valence-corrected chi connectivity index (χ1v) is 7.83. The van der Waals surface area contributed by atoms with E-state index in [4.69, 9.17) is 13.9 Å². The van der Waals surface area contributed by atoms with Crippen LogP contribution in [0.15, 0.2) is 60.5 Å². The molecule has 1 N–H and O–H groups in total. The van der Waals surface area contributed by atoms with Gasteiger partial charge in [0.15, 0.2) is 6.10 Å². The molecule has 0 unspecified atom stereocenters. The summed E-state index contributed by atoms with van der Waals surface area (Å²) in [6.07, 6.45) is 2.72. The van der Waals surface area contributed by atoms with Crippen molar-refractivity contribution in [2.75, 3.05) is 7.11 Å². The molecule has 0 aliphatic rings. The molecule has 2 aromatic carbocycles. The van der Waals surface area contributed by atoms with Gasteiger partial charge in [-0.3, -0.25) is 4.42 Å². The normalized spacial score (nSPS) is 13.8. The van der Waals surface area contributed by atoms with Crippen molar-refractivity contribution < 1.29 is 38.5 Å². The quantitative estimate of drug-likeness (QED) is 0.329. The van der Waals surface area contributed by atoms with Gasteiger partial charge in [-0.25, -0.2) is 0 Å². The van der Waals surface area contributed by atoms with Crippen LogP contribution in [0.2, 0.25) is 0 Å². The third-order valence-corrected chi connectivity index (χ3v) is 3.59. The first-order valence-electron chi connectivity index (χ1n) is 7.83. The van der Waals surface area contributed by atoms with Gasteiger partial charge in [0.05, 0.1) is 12.7 Å². The van der Waals surface area contributed by atoms with Gasteiger partial charge in [0.2, 0.25) is 0 Å². The van der Waals surface area contributed by atoms with E-state index < -0.39 is 0 Å². The number of carbonyl (C=O) groups excluding carboxylic acids is 1. The third kappa shape index (κ3) is 7.10. The van der Waals surface area contributed by atoms with E-state index in [-0.39, 0.29) is 37.6 Å². The summed E-state index contributed by atoms with van der Waals surface area (Å²) in [6.45, 7) is 3.74. The van der Waals surface area contributed by atoms with Gasteiger partial charge in [-0.15, -0.1) is 0 Å². The molecule has 2 aromatic rings. The molecule has 0 saturated heterocycles. The fourth-order valence-electron chi connectivity index (χ4n) is 1.99. The summed E-state index contributed by atoms with van der Waals surface area (Å²) in [5.74, 6) is 0.668. The van der Waals surface area contributed by atoms with E-state index in [9.17, 15) is 5.11 Å². The molecule has 2 atom stereocenters. The molecule has 25 heavy (non-hydrogen) atoms. The summed E-state index contributed by atoms with van der Waals surface area (Å²) in [6, 6.07) is 17.1. The minimum Gasteiger partial charge on any atom is -0.497 e. The molecule has 0 saturated carbocycles. The SMILES string of the molecule is COc1ccc(C=[O+][C@@H](C)[C@H](C)O/C(O)=C/c2ccccc2)cc1.[Zn]. The van der Waals surface area contributed by atoms with Gasteiger partial charge in [-0.1, -0.05) is 30.3 Å². The number of aliphatic hydroxyl groups is 1. The van der Waals surface area contributed by atoms with Crippen molar-refractivity contribution in [2.24, 2.45) is 0 Å². The fourth-order valence-corrected chi connectivity index (χ4v) is 1.99. The number of hydrogen-bond acceptors (Lipinski definition) is 3. The maximum Gasteiger partial charge on any atom is 0.316 e.